The van der Waals surface area contributed by atoms with Gasteiger partial charge in [0.2, 0.25) is 10.0 Å². The predicted molar refractivity (Wildman–Crippen MR) is 99.6 cm³/mol. The Morgan fingerprint density at radius 2 is 1.80 bits per heavy atom. The fraction of sp³-hybridized carbons (Fsp3) is 0.278. The average molecular weight is 380 g/mol. The zero-order valence-corrected chi connectivity index (χ0v) is 16.0. The second-order valence-electron chi connectivity index (χ2n) is 5.53. The Hall–Kier alpha value is -1.83. The van der Waals surface area contributed by atoms with Gasteiger partial charge in [-0.15, -0.1) is 11.8 Å². The van der Waals surface area contributed by atoms with Gasteiger partial charge in [0.25, 0.3) is 0 Å². The van der Waals surface area contributed by atoms with E-state index < -0.39 is 16.0 Å². The van der Waals surface area contributed by atoms with Crippen molar-refractivity contribution in [3.05, 3.63) is 59.2 Å². The van der Waals surface area contributed by atoms with E-state index in [9.17, 15) is 13.2 Å². The van der Waals surface area contributed by atoms with Crippen LogP contribution in [0, 0.1) is 13.8 Å². The molecule has 2 aromatic rings. The van der Waals surface area contributed by atoms with Crippen LogP contribution in [0.4, 0.5) is 0 Å². The van der Waals surface area contributed by atoms with Gasteiger partial charge in [0, 0.05) is 17.2 Å². The third-order valence-electron chi connectivity index (χ3n) is 3.57. The minimum Gasteiger partial charge on any atom is -0.465 e. The Morgan fingerprint density at radius 3 is 2.40 bits per heavy atom. The summed E-state index contributed by atoms with van der Waals surface area (Å²) < 4.78 is 32.1. The van der Waals surface area contributed by atoms with E-state index in [2.05, 4.69) is 9.46 Å². The Kier molecular flexibility index (Phi) is 6.64. The van der Waals surface area contributed by atoms with Crippen LogP contribution in [0.5, 0.6) is 0 Å². The molecule has 0 fully saturated rings. The number of nitrogens with one attached hydrogen (secondary N) is 1. The molecule has 0 bridgehead atoms. The summed E-state index contributed by atoms with van der Waals surface area (Å²) in [4.78, 5) is 12.8. The Bertz CT molecular complexity index is 846. The first-order valence-corrected chi connectivity index (χ1v) is 10.2. The van der Waals surface area contributed by atoms with Gasteiger partial charge in [0.1, 0.15) is 0 Å². The van der Waals surface area contributed by atoms with Crippen LogP contribution in [-0.4, -0.2) is 33.8 Å². The highest BCUT2D eigenvalue weighted by atomic mass is 32.2. The fourth-order valence-corrected chi connectivity index (χ4v) is 4.41. The van der Waals surface area contributed by atoms with Crippen LogP contribution < -0.4 is 4.72 Å². The summed E-state index contributed by atoms with van der Waals surface area (Å²) in [6.45, 7) is 4.00. The van der Waals surface area contributed by atoms with E-state index in [0.29, 0.717) is 23.4 Å². The van der Waals surface area contributed by atoms with Crippen molar-refractivity contribution in [1.29, 1.82) is 0 Å². The van der Waals surface area contributed by atoms with Crippen molar-refractivity contribution in [2.24, 2.45) is 0 Å². The summed E-state index contributed by atoms with van der Waals surface area (Å²) in [6.07, 6.45) is 0. The summed E-state index contributed by atoms with van der Waals surface area (Å²) >= 11 is 1.59. The zero-order chi connectivity index (χ0) is 18.4. The zero-order valence-electron chi connectivity index (χ0n) is 14.4. The molecule has 0 aliphatic carbocycles. The van der Waals surface area contributed by atoms with Crippen molar-refractivity contribution >= 4 is 27.8 Å². The number of carbonyl (C=O) groups is 1. The third kappa shape index (κ3) is 5.32. The molecule has 0 saturated carbocycles. The highest BCUT2D eigenvalue weighted by Gasteiger charge is 2.18. The van der Waals surface area contributed by atoms with Crippen molar-refractivity contribution in [2.75, 3.05) is 19.4 Å². The van der Waals surface area contributed by atoms with Gasteiger partial charge >= 0.3 is 5.97 Å². The van der Waals surface area contributed by atoms with Crippen molar-refractivity contribution < 1.29 is 17.9 Å². The van der Waals surface area contributed by atoms with Gasteiger partial charge in [-0.1, -0.05) is 17.7 Å². The Labute approximate surface area is 152 Å². The van der Waals surface area contributed by atoms with Crippen molar-refractivity contribution in [1.82, 2.24) is 4.72 Å². The van der Waals surface area contributed by atoms with Gasteiger partial charge in [0.05, 0.1) is 17.6 Å². The number of methoxy groups -OCH3 is 1. The minimum atomic E-state index is -3.62. The molecular weight excluding hydrogens is 358 g/mol. The number of esters is 1. The quantitative estimate of drug-likeness (QED) is 0.454. The molecule has 0 heterocycles. The largest absolute Gasteiger partial charge is 0.465 e. The van der Waals surface area contributed by atoms with E-state index in [1.807, 2.05) is 31.2 Å². The van der Waals surface area contributed by atoms with Gasteiger partial charge in [-0.25, -0.2) is 17.9 Å². The first kappa shape index (κ1) is 19.5. The number of rotatable bonds is 7. The summed E-state index contributed by atoms with van der Waals surface area (Å²) in [5.41, 5.74) is 2.02. The van der Waals surface area contributed by atoms with E-state index in [1.165, 1.54) is 30.9 Å². The van der Waals surface area contributed by atoms with Crippen molar-refractivity contribution in [3.63, 3.8) is 0 Å². The van der Waals surface area contributed by atoms with Crippen molar-refractivity contribution in [3.8, 4) is 0 Å². The van der Waals surface area contributed by atoms with E-state index in [4.69, 9.17) is 0 Å². The van der Waals surface area contributed by atoms with Crippen molar-refractivity contribution in [2.45, 2.75) is 23.6 Å². The van der Waals surface area contributed by atoms with Crippen LogP contribution in [0.25, 0.3) is 0 Å². The molecule has 0 saturated heterocycles. The monoisotopic (exact) mass is 379 g/mol. The van der Waals surface area contributed by atoms with Gasteiger partial charge < -0.3 is 4.74 Å². The van der Waals surface area contributed by atoms with Crippen LogP contribution in [0.15, 0.2) is 52.3 Å². The lowest BCUT2D eigenvalue weighted by molar-refractivity contribution is 0.0600. The van der Waals surface area contributed by atoms with Gasteiger partial charge in [-0.05, 0) is 49.7 Å². The van der Waals surface area contributed by atoms with E-state index in [-0.39, 0.29) is 4.90 Å². The molecule has 25 heavy (non-hydrogen) atoms. The average Bonchev–Trinajstić information content (AvgIpc) is 2.59. The minimum absolute atomic E-state index is 0.167. The lowest BCUT2D eigenvalue weighted by Gasteiger charge is -2.10. The normalized spacial score (nSPS) is 11.3. The summed E-state index contributed by atoms with van der Waals surface area (Å²) in [5, 5.41) is 0. The van der Waals surface area contributed by atoms with Crippen LogP contribution in [0.1, 0.15) is 21.5 Å². The lowest BCUT2D eigenvalue weighted by Crippen LogP contribution is -2.26. The molecule has 0 aliphatic heterocycles. The maximum Gasteiger partial charge on any atom is 0.337 e. The summed E-state index contributed by atoms with van der Waals surface area (Å²) in [7, 11) is -2.33. The Morgan fingerprint density at radius 1 is 1.12 bits per heavy atom. The molecule has 0 unspecified atom stereocenters. The molecule has 0 spiro atoms. The molecule has 0 amide bonds. The maximum absolute atomic E-state index is 12.4. The smallest absolute Gasteiger partial charge is 0.337 e. The van der Waals surface area contributed by atoms with Gasteiger partial charge in [-0.2, -0.15) is 0 Å². The Balaban J connectivity index is 1.97. The standard InChI is InChI=1S/C18H21NO4S2/c1-13-4-7-16(8-5-13)24-11-10-19-25(21,22)17-9-6-15(12-14(17)2)18(20)23-3/h4-9,12,19H,10-11H2,1-3H3. The summed E-state index contributed by atoms with van der Waals surface area (Å²) in [5.74, 6) is 0.135. The van der Waals surface area contributed by atoms with Crippen LogP contribution in [0.2, 0.25) is 0 Å². The molecule has 5 nitrogen and oxygen atoms in total. The van der Waals surface area contributed by atoms with Gasteiger partial charge in [-0.3, -0.25) is 0 Å². The highest BCUT2D eigenvalue weighted by molar-refractivity contribution is 7.99. The van der Waals surface area contributed by atoms with Crippen LogP contribution in [0.3, 0.4) is 0 Å². The number of benzene rings is 2. The van der Waals surface area contributed by atoms with Crippen LogP contribution in [-0.2, 0) is 14.8 Å². The van der Waals surface area contributed by atoms with Gasteiger partial charge in [0.15, 0.2) is 0 Å². The predicted octanol–water partition coefficient (Wildman–Crippen LogP) is 3.16. The molecule has 7 heteroatoms. The van der Waals surface area contributed by atoms with E-state index >= 15 is 0 Å². The number of ether oxygens (including phenoxy) is 1. The SMILES string of the molecule is COC(=O)c1ccc(S(=O)(=O)NCCSc2ccc(C)cc2)c(C)c1. The molecule has 0 aromatic heterocycles. The van der Waals surface area contributed by atoms with E-state index in [0.717, 1.165) is 4.90 Å². The number of sulfonamides is 1. The topological polar surface area (TPSA) is 72.5 Å². The molecule has 2 rings (SSSR count). The van der Waals surface area contributed by atoms with Crippen LogP contribution >= 0.6 is 11.8 Å². The first-order valence-electron chi connectivity index (χ1n) is 7.71. The molecule has 0 aliphatic rings. The first-order chi connectivity index (χ1) is 11.8. The number of thioether (sulfide) groups is 1. The second-order valence-corrected chi connectivity index (χ2v) is 8.43. The number of hydrogen-bond acceptors (Lipinski definition) is 5. The lowest BCUT2D eigenvalue weighted by atomic mass is 10.1. The maximum atomic E-state index is 12.4. The summed E-state index contributed by atoms with van der Waals surface area (Å²) in [6, 6.07) is 12.5. The molecule has 134 valence electrons. The number of hydrogen-bond donors (Lipinski definition) is 1. The fourth-order valence-electron chi connectivity index (χ4n) is 2.25. The molecule has 2 aromatic carbocycles. The number of carbonyl (C=O) groups excluding carboxylic acids is 1. The molecule has 0 atom stereocenters. The number of aryl methyl sites for hydroxylation is 2. The second kappa shape index (κ2) is 8.51. The van der Waals surface area contributed by atoms with E-state index in [1.54, 1.807) is 18.7 Å². The third-order valence-corrected chi connectivity index (χ3v) is 6.20. The highest BCUT2D eigenvalue weighted by Crippen LogP contribution is 2.19. The molecule has 0 radical (unpaired) electrons. The molecular formula is C18H21NO4S2. The molecule has 1 N–H and O–H groups in total.